The van der Waals surface area contributed by atoms with Crippen molar-refractivity contribution < 1.29 is 18.0 Å². The van der Waals surface area contributed by atoms with Gasteiger partial charge in [-0.25, -0.2) is 9.97 Å². The maximum atomic E-state index is 13.1. The van der Waals surface area contributed by atoms with Gasteiger partial charge in [0.1, 0.15) is 0 Å². The van der Waals surface area contributed by atoms with E-state index in [-0.39, 0.29) is 23.8 Å². The predicted molar refractivity (Wildman–Crippen MR) is 107 cm³/mol. The number of carbonyl (C=O) groups excluding carboxylic acids is 1. The first-order valence-corrected chi connectivity index (χ1v) is 10.6. The van der Waals surface area contributed by atoms with Gasteiger partial charge in [-0.2, -0.15) is 13.2 Å². The van der Waals surface area contributed by atoms with Crippen LogP contribution in [-0.4, -0.2) is 38.8 Å². The Labute approximate surface area is 178 Å². The van der Waals surface area contributed by atoms with Crippen molar-refractivity contribution in [1.29, 1.82) is 0 Å². The van der Waals surface area contributed by atoms with Crippen LogP contribution >= 0.6 is 0 Å². The SMILES string of the molecule is Cc1nc2c3c(c1C)CN(C(=O)CC1CN(c4ncc(C(F)(F)F)cn4)C1)[C@H]3CCC2. The van der Waals surface area contributed by atoms with Gasteiger partial charge >= 0.3 is 6.18 Å². The minimum Gasteiger partial charge on any atom is -0.340 e. The van der Waals surface area contributed by atoms with Gasteiger partial charge in [0.05, 0.1) is 11.6 Å². The average Bonchev–Trinajstić information content (AvgIpc) is 3.09. The number of nitrogens with zero attached hydrogens (tertiary/aromatic N) is 5. The minimum absolute atomic E-state index is 0.132. The third-order valence-electron chi connectivity index (χ3n) is 6.85. The number of rotatable bonds is 3. The molecule has 2 aromatic rings. The molecule has 0 unspecified atom stereocenters. The summed E-state index contributed by atoms with van der Waals surface area (Å²) in [4.78, 5) is 29.4. The molecule has 0 aromatic carbocycles. The molecule has 1 saturated heterocycles. The highest BCUT2D eigenvalue weighted by atomic mass is 19.4. The van der Waals surface area contributed by atoms with E-state index in [9.17, 15) is 18.0 Å². The first kappa shape index (κ1) is 20.2. The third-order valence-corrected chi connectivity index (χ3v) is 6.85. The van der Waals surface area contributed by atoms with Crippen LogP contribution in [0.15, 0.2) is 12.4 Å². The van der Waals surface area contributed by atoms with E-state index in [2.05, 4.69) is 16.9 Å². The lowest BCUT2D eigenvalue weighted by molar-refractivity contribution is -0.138. The lowest BCUT2D eigenvalue weighted by Crippen LogP contribution is -2.49. The smallest absolute Gasteiger partial charge is 0.340 e. The number of aryl methyl sites for hydroxylation is 2. The lowest BCUT2D eigenvalue weighted by atomic mass is 9.88. The predicted octanol–water partition coefficient (Wildman–Crippen LogP) is 3.75. The summed E-state index contributed by atoms with van der Waals surface area (Å²) >= 11 is 0. The molecule has 0 radical (unpaired) electrons. The van der Waals surface area contributed by atoms with Gasteiger partial charge in [-0.05, 0) is 44.2 Å². The average molecular weight is 431 g/mol. The number of hydrogen-bond donors (Lipinski definition) is 0. The van der Waals surface area contributed by atoms with Crippen LogP contribution in [0.3, 0.4) is 0 Å². The third kappa shape index (κ3) is 3.43. The van der Waals surface area contributed by atoms with Gasteiger partial charge in [-0.3, -0.25) is 9.78 Å². The van der Waals surface area contributed by atoms with Crippen molar-refractivity contribution in [1.82, 2.24) is 19.9 Å². The largest absolute Gasteiger partial charge is 0.419 e. The fraction of sp³-hybridized carbons (Fsp3) is 0.545. The topological polar surface area (TPSA) is 62.2 Å². The van der Waals surface area contributed by atoms with Gasteiger partial charge in [-0.15, -0.1) is 0 Å². The van der Waals surface area contributed by atoms with Crippen molar-refractivity contribution in [3.05, 3.63) is 46.0 Å². The number of anilines is 1. The fourth-order valence-corrected chi connectivity index (χ4v) is 5.05. The molecule has 4 heterocycles. The highest BCUT2D eigenvalue weighted by molar-refractivity contribution is 5.78. The van der Waals surface area contributed by atoms with Crippen molar-refractivity contribution in [2.24, 2.45) is 5.92 Å². The van der Waals surface area contributed by atoms with Gasteiger partial charge in [0.15, 0.2) is 0 Å². The molecule has 2 aromatic heterocycles. The zero-order valence-electron chi connectivity index (χ0n) is 17.5. The summed E-state index contributed by atoms with van der Waals surface area (Å²) in [5, 5.41) is 0. The Hall–Kier alpha value is -2.71. The zero-order chi connectivity index (χ0) is 21.9. The molecular weight excluding hydrogens is 407 g/mol. The molecule has 0 spiro atoms. The number of halogens is 3. The number of alkyl halides is 3. The molecule has 0 N–H and O–H groups in total. The molecule has 0 bridgehead atoms. The molecule has 1 aliphatic carbocycles. The zero-order valence-corrected chi connectivity index (χ0v) is 17.5. The molecule has 9 heteroatoms. The molecule has 5 rings (SSSR count). The molecule has 1 amide bonds. The Morgan fingerprint density at radius 2 is 1.90 bits per heavy atom. The molecule has 6 nitrogen and oxygen atoms in total. The van der Waals surface area contributed by atoms with Crippen LogP contribution < -0.4 is 4.90 Å². The molecule has 164 valence electrons. The first-order valence-electron chi connectivity index (χ1n) is 10.6. The van der Waals surface area contributed by atoms with Crippen molar-refractivity contribution in [3.8, 4) is 0 Å². The second kappa shape index (κ2) is 7.17. The van der Waals surface area contributed by atoms with Crippen LogP contribution in [0.25, 0.3) is 0 Å². The highest BCUT2D eigenvalue weighted by Crippen LogP contribution is 2.44. The van der Waals surface area contributed by atoms with Gasteiger partial charge in [-0.1, -0.05) is 0 Å². The maximum Gasteiger partial charge on any atom is 0.419 e. The van der Waals surface area contributed by atoms with Gasteiger partial charge in [0.2, 0.25) is 11.9 Å². The maximum absolute atomic E-state index is 13.1. The normalized spacial score (nSPS) is 20.6. The van der Waals surface area contributed by atoms with Gasteiger partial charge in [0.25, 0.3) is 0 Å². The van der Waals surface area contributed by atoms with Crippen molar-refractivity contribution >= 4 is 11.9 Å². The molecule has 1 fully saturated rings. The van der Waals surface area contributed by atoms with Crippen LogP contribution in [0.4, 0.5) is 19.1 Å². The van der Waals surface area contributed by atoms with Crippen LogP contribution in [0, 0.1) is 19.8 Å². The van der Waals surface area contributed by atoms with E-state index in [1.54, 1.807) is 0 Å². The van der Waals surface area contributed by atoms with Crippen LogP contribution in [0.2, 0.25) is 0 Å². The number of carbonyl (C=O) groups is 1. The van der Waals surface area contributed by atoms with Gasteiger partial charge < -0.3 is 9.80 Å². The Morgan fingerprint density at radius 1 is 1.19 bits per heavy atom. The van der Waals surface area contributed by atoms with Crippen molar-refractivity contribution in [3.63, 3.8) is 0 Å². The van der Waals surface area contributed by atoms with Crippen LogP contribution in [0.1, 0.15) is 58.9 Å². The van der Waals surface area contributed by atoms with E-state index in [1.807, 2.05) is 16.7 Å². The monoisotopic (exact) mass is 431 g/mol. The summed E-state index contributed by atoms with van der Waals surface area (Å²) < 4.78 is 38.0. The quantitative estimate of drug-likeness (QED) is 0.741. The van der Waals surface area contributed by atoms with Crippen molar-refractivity contribution in [2.45, 2.75) is 58.3 Å². The van der Waals surface area contributed by atoms with E-state index in [0.29, 0.717) is 26.1 Å². The van der Waals surface area contributed by atoms with E-state index in [0.717, 1.165) is 43.0 Å². The van der Waals surface area contributed by atoms with Crippen LogP contribution in [-0.2, 0) is 23.9 Å². The number of hydrogen-bond acceptors (Lipinski definition) is 5. The van der Waals surface area contributed by atoms with E-state index < -0.39 is 11.7 Å². The second-order valence-electron chi connectivity index (χ2n) is 8.84. The summed E-state index contributed by atoms with van der Waals surface area (Å²) in [6.07, 6.45) is 0.601. The Bertz CT molecular complexity index is 1030. The molecule has 31 heavy (non-hydrogen) atoms. The summed E-state index contributed by atoms with van der Waals surface area (Å²) in [5.41, 5.74) is 5.08. The second-order valence-corrected chi connectivity index (χ2v) is 8.84. The molecule has 2 aliphatic heterocycles. The first-order chi connectivity index (χ1) is 14.7. The van der Waals surface area contributed by atoms with Crippen molar-refractivity contribution in [2.75, 3.05) is 18.0 Å². The number of pyridine rings is 1. The summed E-state index contributed by atoms with van der Waals surface area (Å²) in [5.74, 6) is 0.578. The molecule has 0 saturated carbocycles. The number of aromatic nitrogens is 3. The Kier molecular flexibility index (Phi) is 4.67. The van der Waals surface area contributed by atoms with E-state index in [1.165, 1.54) is 16.7 Å². The summed E-state index contributed by atoms with van der Waals surface area (Å²) in [7, 11) is 0. The fourth-order valence-electron chi connectivity index (χ4n) is 5.05. The standard InChI is InChI=1S/C22H24F3N5O/c1-12-13(2)28-17-4-3-5-18-20(17)16(12)11-30(18)19(31)6-14-9-29(10-14)21-26-7-15(8-27-21)22(23,24)25/h7-8,14,18H,3-6,9-11H2,1-2H3/t18-/m0/s1. The lowest BCUT2D eigenvalue weighted by Gasteiger charge is -2.40. The highest BCUT2D eigenvalue weighted by Gasteiger charge is 2.41. The number of amides is 1. The molecular formula is C22H24F3N5O. The summed E-state index contributed by atoms with van der Waals surface area (Å²) in [6, 6.07) is 0.132. The van der Waals surface area contributed by atoms with Gasteiger partial charge in [0, 0.05) is 61.3 Å². The van der Waals surface area contributed by atoms with E-state index >= 15 is 0 Å². The Morgan fingerprint density at radius 3 is 2.58 bits per heavy atom. The minimum atomic E-state index is -4.44. The summed E-state index contributed by atoms with van der Waals surface area (Å²) in [6.45, 7) is 5.93. The van der Waals surface area contributed by atoms with Crippen LogP contribution in [0.5, 0.6) is 0 Å². The van der Waals surface area contributed by atoms with E-state index in [4.69, 9.17) is 4.98 Å². The Balaban J connectivity index is 1.22. The molecule has 3 aliphatic rings. The molecule has 1 atom stereocenters.